The molecule has 104 valence electrons. The van der Waals surface area contributed by atoms with E-state index in [0.717, 1.165) is 5.02 Å². The summed E-state index contributed by atoms with van der Waals surface area (Å²) in [6.45, 7) is 9.48. The van der Waals surface area contributed by atoms with Crippen molar-refractivity contribution in [2.75, 3.05) is 0 Å². The van der Waals surface area contributed by atoms with Gasteiger partial charge in [0.15, 0.2) is 0 Å². The Labute approximate surface area is 121 Å². The predicted molar refractivity (Wildman–Crippen MR) is 81.7 cm³/mol. The maximum atomic E-state index is 6.27. The Bertz CT molecular complexity index is 472. The first kappa shape index (κ1) is 13.5. The van der Waals surface area contributed by atoms with Crippen LogP contribution in [0, 0.1) is 10.8 Å². The lowest BCUT2D eigenvalue weighted by Gasteiger charge is -2.37. The van der Waals surface area contributed by atoms with E-state index in [1.807, 2.05) is 12.1 Å². The normalized spacial score (nSPS) is 31.8. The highest BCUT2D eigenvalue weighted by molar-refractivity contribution is 6.31. The zero-order chi connectivity index (χ0) is 13.8. The summed E-state index contributed by atoms with van der Waals surface area (Å²) in [6.07, 6.45) is 2.46. The van der Waals surface area contributed by atoms with Gasteiger partial charge in [0.05, 0.1) is 0 Å². The molecular formula is C17H24ClN. The summed E-state index contributed by atoms with van der Waals surface area (Å²) in [4.78, 5) is 0. The van der Waals surface area contributed by atoms with E-state index < -0.39 is 0 Å². The molecule has 2 heteroatoms. The lowest BCUT2D eigenvalue weighted by molar-refractivity contribution is 0.275. The zero-order valence-corrected chi connectivity index (χ0v) is 13.1. The van der Waals surface area contributed by atoms with Crippen LogP contribution in [-0.2, 0) is 0 Å². The first-order valence-electron chi connectivity index (χ1n) is 7.34. The molecule has 2 saturated carbocycles. The van der Waals surface area contributed by atoms with E-state index in [-0.39, 0.29) is 0 Å². The Morgan fingerprint density at radius 3 is 2.16 bits per heavy atom. The summed E-state index contributed by atoms with van der Waals surface area (Å²) >= 11 is 6.27. The summed E-state index contributed by atoms with van der Waals surface area (Å²) in [5.74, 6) is 0.649. The van der Waals surface area contributed by atoms with Gasteiger partial charge in [-0.1, -0.05) is 57.5 Å². The highest BCUT2D eigenvalue weighted by Gasteiger charge is 2.65. The van der Waals surface area contributed by atoms with Crippen molar-refractivity contribution in [1.82, 2.24) is 5.32 Å². The minimum absolute atomic E-state index is 0.433. The molecule has 1 N–H and O–H groups in total. The van der Waals surface area contributed by atoms with Crippen LogP contribution < -0.4 is 5.32 Å². The molecule has 0 amide bonds. The average molecular weight is 278 g/mol. The van der Waals surface area contributed by atoms with Gasteiger partial charge >= 0.3 is 0 Å². The Hall–Kier alpha value is -0.530. The lowest BCUT2D eigenvalue weighted by atomic mass is 9.75. The number of hydrogen-bond donors (Lipinski definition) is 1. The first-order valence-corrected chi connectivity index (χ1v) is 7.72. The number of rotatable bonds is 3. The Balaban J connectivity index is 1.56. The van der Waals surface area contributed by atoms with Crippen molar-refractivity contribution < 1.29 is 0 Å². The van der Waals surface area contributed by atoms with Gasteiger partial charge in [-0.3, -0.25) is 0 Å². The lowest BCUT2D eigenvalue weighted by Crippen LogP contribution is -2.43. The van der Waals surface area contributed by atoms with E-state index >= 15 is 0 Å². The van der Waals surface area contributed by atoms with Gasteiger partial charge in [0.1, 0.15) is 0 Å². The topological polar surface area (TPSA) is 12.0 Å². The highest BCUT2D eigenvalue weighted by Crippen LogP contribution is 2.63. The van der Waals surface area contributed by atoms with Crippen LogP contribution in [0.25, 0.3) is 0 Å². The van der Waals surface area contributed by atoms with Gasteiger partial charge in [-0.25, -0.2) is 0 Å². The van der Waals surface area contributed by atoms with Gasteiger partial charge in [0.2, 0.25) is 0 Å². The Kier molecular flexibility index (Phi) is 3.00. The number of hydrogen-bond acceptors (Lipinski definition) is 1. The molecule has 0 radical (unpaired) electrons. The smallest absolute Gasteiger partial charge is 0.0440 e. The molecule has 0 aromatic heterocycles. The molecule has 0 saturated heterocycles. The van der Waals surface area contributed by atoms with Crippen molar-refractivity contribution in [3.63, 3.8) is 0 Å². The summed E-state index contributed by atoms with van der Waals surface area (Å²) in [5, 5.41) is 4.78. The molecule has 0 spiro atoms. The Morgan fingerprint density at radius 2 is 1.63 bits per heavy atom. The van der Waals surface area contributed by atoms with Crippen LogP contribution in [-0.4, -0.2) is 12.1 Å². The van der Waals surface area contributed by atoms with E-state index in [1.54, 1.807) is 0 Å². The van der Waals surface area contributed by atoms with Crippen LogP contribution in [0.1, 0.15) is 52.0 Å². The second kappa shape index (κ2) is 4.23. The largest absolute Gasteiger partial charge is 0.310 e. The maximum absolute atomic E-state index is 6.27. The molecule has 2 aliphatic carbocycles. The summed E-state index contributed by atoms with van der Waals surface area (Å²) < 4.78 is 0. The number of benzene rings is 1. The number of halogens is 1. The Morgan fingerprint density at radius 1 is 1.05 bits per heavy atom. The van der Waals surface area contributed by atoms with E-state index in [1.165, 1.54) is 18.4 Å². The molecule has 0 heterocycles. The zero-order valence-electron chi connectivity index (χ0n) is 12.3. The van der Waals surface area contributed by atoms with Gasteiger partial charge in [-0.15, -0.1) is 0 Å². The minimum Gasteiger partial charge on any atom is -0.310 e. The molecule has 2 fully saturated rings. The van der Waals surface area contributed by atoms with Crippen molar-refractivity contribution in [2.45, 2.75) is 58.5 Å². The quantitative estimate of drug-likeness (QED) is 0.851. The van der Waals surface area contributed by atoms with Crippen LogP contribution in [0.15, 0.2) is 24.3 Å². The summed E-state index contributed by atoms with van der Waals surface area (Å²) in [5.41, 5.74) is 2.20. The van der Waals surface area contributed by atoms with Crippen LogP contribution in [0.4, 0.5) is 0 Å². The van der Waals surface area contributed by atoms with Crippen LogP contribution in [0.3, 0.4) is 0 Å². The standard InChI is InChI=1S/C17H24ClN/c1-16(2)15(17(16,3)4)19-12-9-11(10-12)13-7-5-6-8-14(13)18/h5-8,11-12,15,19H,9-10H2,1-4H3. The molecule has 3 rings (SSSR count). The van der Waals surface area contributed by atoms with E-state index in [9.17, 15) is 0 Å². The minimum atomic E-state index is 0.433. The van der Waals surface area contributed by atoms with E-state index in [0.29, 0.717) is 28.8 Å². The van der Waals surface area contributed by atoms with E-state index in [4.69, 9.17) is 11.6 Å². The van der Waals surface area contributed by atoms with Crippen LogP contribution in [0.2, 0.25) is 5.02 Å². The number of nitrogens with one attached hydrogen (secondary N) is 1. The second-order valence-corrected chi connectivity index (χ2v) is 7.84. The first-order chi connectivity index (χ1) is 8.84. The predicted octanol–water partition coefficient (Wildman–Crippen LogP) is 4.61. The van der Waals surface area contributed by atoms with Crippen molar-refractivity contribution in [1.29, 1.82) is 0 Å². The van der Waals surface area contributed by atoms with Gasteiger partial charge in [0.25, 0.3) is 0 Å². The average Bonchev–Trinajstić information content (AvgIpc) is 2.66. The fourth-order valence-corrected chi connectivity index (χ4v) is 3.95. The second-order valence-electron chi connectivity index (χ2n) is 7.43. The van der Waals surface area contributed by atoms with Gasteiger partial charge in [-0.2, -0.15) is 0 Å². The van der Waals surface area contributed by atoms with Gasteiger partial charge in [0, 0.05) is 17.1 Å². The van der Waals surface area contributed by atoms with Crippen molar-refractivity contribution in [3.8, 4) is 0 Å². The fourth-order valence-electron chi connectivity index (χ4n) is 3.66. The summed E-state index contributed by atoms with van der Waals surface area (Å²) in [6, 6.07) is 9.62. The van der Waals surface area contributed by atoms with Gasteiger partial charge in [-0.05, 0) is 41.2 Å². The molecule has 1 aromatic carbocycles. The molecule has 0 bridgehead atoms. The van der Waals surface area contributed by atoms with Crippen molar-refractivity contribution in [3.05, 3.63) is 34.9 Å². The highest BCUT2D eigenvalue weighted by atomic mass is 35.5. The van der Waals surface area contributed by atoms with Gasteiger partial charge < -0.3 is 5.32 Å². The third kappa shape index (κ3) is 2.02. The monoisotopic (exact) mass is 277 g/mol. The molecule has 2 aliphatic rings. The molecule has 1 aromatic rings. The van der Waals surface area contributed by atoms with Crippen LogP contribution >= 0.6 is 11.6 Å². The molecule has 1 nitrogen and oxygen atoms in total. The SMILES string of the molecule is CC1(C)C(NC2CC(c3ccccc3Cl)C2)C1(C)C. The fraction of sp³-hybridized carbons (Fsp3) is 0.647. The third-order valence-corrected chi connectivity index (χ3v) is 6.25. The third-order valence-electron chi connectivity index (χ3n) is 5.91. The summed E-state index contributed by atoms with van der Waals surface area (Å²) in [7, 11) is 0. The van der Waals surface area contributed by atoms with Crippen molar-refractivity contribution >= 4 is 11.6 Å². The van der Waals surface area contributed by atoms with Crippen LogP contribution in [0.5, 0.6) is 0 Å². The molecule has 0 atom stereocenters. The molecule has 0 aliphatic heterocycles. The van der Waals surface area contributed by atoms with Crippen molar-refractivity contribution in [2.24, 2.45) is 10.8 Å². The molecule has 0 unspecified atom stereocenters. The maximum Gasteiger partial charge on any atom is 0.0440 e. The van der Waals surface area contributed by atoms with E-state index in [2.05, 4.69) is 45.1 Å². The molecular weight excluding hydrogens is 254 g/mol. The molecule has 19 heavy (non-hydrogen) atoms.